The minimum Gasteiger partial charge on any atom is -0.369 e. The van der Waals surface area contributed by atoms with E-state index >= 15 is 0 Å². The first-order valence-electron chi connectivity index (χ1n) is 11.8. The number of likely N-dealkylation sites (N-methyl/N-ethyl adjacent to an activating group) is 1. The highest BCUT2D eigenvalue weighted by Gasteiger charge is 2.33. The van der Waals surface area contributed by atoms with Crippen LogP contribution in [0.4, 0.5) is 11.5 Å². The second kappa shape index (κ2) is 11.1. The molecule has 36 heavy (non-hydrogen) atoms. The van der Waals surface area contributed by atoms with Gasteiger partial charge in [0.2, 0.25) is 0 Å². The molecule has 0 spiro atoms. The van der Waals surface area contributed by atoms with Gasteiger partial charge in [0.05, 0.1) is 18.8 Å². The number of nitrogens with one attached hydrogen (secondary N) is 2. The van der Waals surface area contributed by atoms with E-state index in [0.29, 0.717) is 24.5 Å². The molecule has 2 aliphatic heterocycles. The fourth-order valence-electron chi connectivity index (χ4n) is 4.64. The summed E-state index contributed by atoms with van der Waals surface area (Å²) in [5, 5.41) is 10.2. The lowest BCUT2D eigenvalue weighted by Gasteiger charge is -2.34. The maximum absolute atomic E-state index is 13.2. The summed E-state index contributed by atoms with van der Waals surface area (Å²) < 4.78 is 5.50. The van der Waals surface area contributed by atoms with Crippen LogP contribution in [0.2, 0.25) is 0 Å². The molecule has 1 saturated heterocycles. The highest BCUT2D eigenvalue weighted by atomic mass is 35.5. The van der Waals surface area contributed by atoms with Crippen LogP contribution in [0.15, 0.2) is 54.6 Å². The first-order valence-corrected chi connectivity index (χ1v) is 11.8. The van der Waals surface area contributed by atoms with E-state index in [1.54, 1.807) is 4.90 Å². The Balaban J connectivity index is 0.00000304. The first kappa shape index (κ1) is 25.7. The van der Waals surface area contributed by atoms with Gasteiger partial charge in [0.15, 0.2) is 11.9 Å². The molecule has 2 aromatic carbocycles. The lowest BCUT2D eigenvalue weighted by molar-refractivity contribution is -0.143. The molecule has 1 aromatic heterocycles. The highest BCUT2D eigenvalue weighted by Crippen LogP contribution is 2.30. The standard InChI is InChI=1S/C26H30N6O3.ClH/c1-30-12-14-31(15-13-30)20-10-8-19(9-11-20)25(33)27-24-21-16-32(17-22(21)28-29-24)26(34)23(35-2)18-6-4-3-5-7-18;/h3-11,23H,12-17H2,1-2H3,(H2,27,28,29,33);1H/t23-;/m1./s1. The molecule has 1 atom stereocenters. The number of halogens is 1. The molecule has 2 aliphatic rings. The molecule has 190 valence electrons. The molecule has 2 amide bonds. The van der Waals surface area contributed by atoms with Crippen LogP contribution in [-0.4, -0.2) is 72.1 Å². The van der Waals surface area contributed by atoms with Crippen LogP contribution < -0.4 is 10.2 Å². The molecule has 5 rings (SSSR count). The summed E-state index contributed by atoms with van der Waals surface area (Å²) in [5.41, 5.74) is 4.14. The van der Waals surface area contributed by atoms with Gasteiger partial charge >= 0.3 is 0 Å². The number of aromatic nitrogens is 2. The smallest absolute Gasteiger partial charge is 0.256 e. The second-order valence-corrected chi connectivity index (χ2v) is 9.04. The van der Waals surface area contributed by atoms with E-state index in [9.17, 15) is 9.59 Å². The zero-order chi connectivity index (χ0) is 24.4. The van der Waals surface area contributed by atoms with Crippen molar-refractivity contribution in [3.05, 3.63) is 77.0 Å². The molecule has 3 heterocycles. The van der Waals surface area contributed by atoms with Gasteiger partial charge in [-0.1, -0.05) is 30.3 Å². The normalized spacial score (nSPS) is 16.3. The van der Waals surface area contributed by atoms with E-state index in [1.807, 2.05) is 54.6 Å². The number of nitrogens with zero attached hydrogens (tertiary/aromatic N) is 4. The van der Waals surface area contributed by atoms with Crippen molar-refractivity contribution in [1.82, 2.24) is 20.0 Å². The van der Waals surface area contributed by atoms with Gasteiger partial charge in [-0.3, -0.25) is 14.7 Å². The average Bonchev–Trinajstić information content (AvgIpc) is 3.48. The van der Waals surface area contributed by atoms with Crippen molar-refractivity contribution in [3.63, 3.8) is 0 Å². The number of carbonyl (C=O) groups excluding carboxylic acids is 2. The largest absolute Gasteiger partial charge is 0.369 e. The number of ether oxygens (including phenoxy) is 1. The van der Waals surface area contributed by atoms with Crippen LogP contribution in [0.3, 0.4) is 0 Å². The predicted octanol–water partition coefficient (Wildman–Crippen LogP) is 3.07. The molecule has 2 N–H and O–H groups in total. The van der Waals surface area contributed by atoms with Crippen LogP contribution in [0.1, 0.15) is 33.3 Å². The van der Waals surface area contributed by atoms with Crippen molar-refractivity contribution < 1.29 is 14.3 Å². The monoisotopic (exact) mass is 510 g/mol. The Labute approximate surface area is 216 Å². The Kier molecular flexibility index (Phi) is 7.93. The molecular formula is C26H31ClN6O3. The number of amides is 2. The Hall–Kier alpha value is -3.40. The summed E-state index contributed by atoms with van der Waals surface area (Å²) >= 11 is 0. The Morgan fingerprint density at radius 3 is 2.36 bits per heavy atom. The van der Waals surface area contributed by atoms with Gasteiger partial charge < -0.3 is 24.8 Å². The third kappa shape index (κ3) is 5.23. The average molecular weight is 511 g/mol. The fourth-order valence-corrected chi connectivity index (χ4v) is 4.64. The Morgan fingerprint density at radius 1 is 1.00 bits per heavy atom. The number of carbonyl (C=O) groups is 2. The molecule has 0 unspecified atom stereocenters. The summed E-state index contributed by atoms with van der Waals surface area (Å²) in [6.45, 7) is 4.76. The topological polar surface area (TPSA) is 93.8 Å². The van der Waals surface area contributed by atoms with Gasteiger partial charge in [0.1, 0.15) is 0 Å². The molecule has 0 bridgehead atoms. The number of benzene rings is 2. The van der Waals surface area contributed by atoms with Crippen molar-refractivity contribution in [2.75, 3.05) is 50.6 Å². The molecule has 1 fully saturated rings. The van der Waals surface area contributed by atoms with Crippen molar-refractivity contribution in [2.45, 2.75) is 19.2 Å². The van der Waals surface area contributed by atoms with Crippen molar-refractivity contribution in [3.8, 4) is 0 Å². The Morgan fingerprint density at radius 2 is 1.69 bits per heavy atom. The number of piperazine rings is 1. The lowest BCUT2D eigenvalue weighted by atomic mass is 10.1. The van der Waals surface area contributed by atoms with Crippen LogP contribution in [0, 0.1) is 0 Å². The summed E-state index contributed by atoms with van der Waals surface area (Å²) in [6, 6.07) is 17.1. The molecule has 10 heteroatoms. The zero-order valence-corrected chi connectivity index (χ0v) is 21.3. The van der Waals surface area contributed by atoms with E-state index in [1.165, 1.54) is 7.11 Å². The molecule has 0 aliphatic carbocycles. The Bertz CT molecular complexity index is 1190. The van der Waals surface area contributed by atoms with Gasteiger partial charge in [-0.2, -0.15) is 5.10 Å². The van der Waals surface area contributed by atoms with E-state index in [2.05, 4.69) is 32.4 Å². The number of rotatable bonds is 6. The molecule has 0 saturated carbocycles. The maximum atomic E-state index is 13.2. The SMILES string of the molecule is CO[C@@H](C(=O)N1Cc2[nH]nc(NC(=O)c3ccc(N4CCN(C)CC4)cc3)c2C1)c1ccccc1.Cl. The van der Waals surface area contributed by atoms with Crippen LogP contribution >= 0.6 is 12.4 Å². The van der Waals surface area contributed by atoms with Crippen LogP contribution in [-0.2, 0) is 22.6 Å². The number of methoxy groups -OCH3 is 1. The van der Waals surface area contributed by atoms with Gasteiger partial charge in [-0.25, -0.2) is 0 Å². The molecular weight excluding hydrogens is 480 g/mol. The summed E-state index contributed by atoms with van der Waals surface area (Å²) in [5.74, 6) is 0.102. The number of fused-ring (bicyclic) bond motifs is 1. The quantitative estimate of drug-likeness (QED) is 0.529. The highest BCUT2D eigenvalue weighted by molar-refractivity contribution is 6.04. The lowest BCUT2D eigenvalue weighted by Crippen LogP contribution is -2.44. The van der Waals surface area contributed by atoms with E-state index < -0.39 is 6.10 Å². The van der Waals surface area contributed by atoms with Crippen LogP contribution in [0.25, 0.3) is 0 Å². The number of hydrogen-bond donors (Lipinski definition) is 2. The number of anilines is 2. The van der Waals surface area contributed by atoms with Gasteiger partial charge in [0, 0.05) is 50.1 Å². The van der Waals surface area contributed by atoms with E-state index in [4.69, 9.17) is 4.74 Å². The number of H-pyrrole nitrogens is 1. The van der Waals surface area contributed by atoms with Crippen molar-refractivity contribution >= 4 is 35.7 Å². The number of aromatic amines is 1. The van der Waals surface area contributed by atoms with Gasteiger partial charge in [-0.05, 0) is 36.9 Å². The number of hydrogen-bond acceptors (Lipinski definition) is 6. The predicted molar refractivity (Wildman–Crippen MR) is 140 cm³/mol. The molecule has 3 aromatic rings. The third-order valence-electron chi connectivity index (χ3n) is 6.75. The van der Waals surface area contributed by atoms with E-state index in [-0.39, 0.29) is 24.2 Å². The molecule has 9 nitrogen and oxygen atoms in total. The van der Waals surface area contributed by atoms with Crippen LogP contribution in [0.5, 0.6) is 0 Å². The van der Waals surface area contributed by atoms with Crippen molar-refractivity contribution in [1.29, 1.82) is 0 Å². The molecule has 0 radical (unpaired) electrons. The second-order valence-electron chi connectivity index (χ2n) is 9.04. The van der Waals surface area contributed by atoms with Crippen molar-refractivity contribution in [2.24, 2.45) is 0 Å². The van der Waals surface area contributed by atoms with Gasteiger partial charge in [0.25, 0.3) is 11.8 Å². The first-order chi connectivity index (χ1) is 17.0. The minimum absolute atomic E-state index is 0. The maximum Gasteiger partial charge on any atom is 0.256 e. The summed E-state index contributed by atoms with van der Waals surface area (Å²) in [4.78, 5) is 32.4. The van der Waals surface area contributed by atoms with Gasteiger partial charge in [-0.15, -0.1) is 12.4 Å². The zero-order valence-electron chi connectivity index (χ0n) is 20.4. The minimum atomic E-state index is -0.676. The summed E-state index contributed by atoms with van der Waals surface area (Å²) in [6.07, 6.45) is -0.676. The van der Waals surface area contributed by atoms with E-state index in [0.717, 1.165) is 48.7 Å². The summed E-state index contributed by atoms with van der Waals surface area (Å²) in [7, 11) is 3.66. The fraction of sp³-hybridized carbons (Fsp3) is 0.346. The third-order valence-corrected chi connectivity index (χ3v) is 6.75.